The van der Waals surface area contributed by atoms with E-state index in [1.165, 1.54) is 13.2 Å². The number of hydrogen-bond donors (Lipinski definition) is 2. The molecule has 2 aliphatic rings. The second-order valence-electron chi connectivity index (χ2n) is 7.05. The van der Waals surface area contributed by atoms with Gasteiger partial charge in [0, 0.05) is 44.4 Å². The molecule has 2 fully saturated rings. The molecule has 1 aromatic carbocycles. The predicted molar refractivity (Wildman–Crippen MR) is 101 cm³/mol. The molecule has 2 heterocycles. The van der Waals surface area contributed by atoms with Crippen molar-refractivity contribution in [2.24, 2.45) is 0 Å². The van der Waals surface area contributed by atoms with Crippen molar-refractivity contribution >= 4 is 35.1 Å². The van der Waals surface area contributed by atoms with Crippen molar-refractivity contribution in [1.82, 2.24) is 15.5 Å². The third-order valence-corrected chi connectivity index (χ3v) is 5.52. The van der Waals surface area contributed by atoms with Crippen molar-refractivity contribution in [3.63, 3.8) is 0 Å². The standard InChI is InChI=1S/C18H22ClFN4O4/c1-18(16(26)21-17(27)22-18)4-3-14(25)24-7-5-23(6-8-24)11-9-12(20)15(19)13(10-11)28-2/h9-10H,3-8H2,1-2H3,(H2,21,22,26,27). The maximum absolute atomic E-state index is 14.0. The van der Waals surface area contributed by atoms with Crippen LogP contribution in [0.3, 0.4) is 0 Å². The number of piperazine rings is 1. The highest BCUT2D eigenvalue weighted by molar-refractivity contribution is 6.32. The Balaban J connectivity index is 1.55. The minimum absolute atomic E-state index is 0.0587. The molecular formula is C18H22ClFN4O4. The lowest BCUT2D eigenvalue weighted by molar-refractivity contribution is -0.132. The van der Waals surface area contributed by atoms with E-state index in [-0.39, 0.29) is 29.5 Å². The van der Waals surface area contributed by atoms with Gasteiger partial charge in [-0.2, -0.15) is 0 Å². The van der Waals surface area contributed by atoms with E-state index in [0.29, 0.717) is 31.9 Å². The number of anilines is 1. The van der Waals surface area contributed by atoms with Gasteiger partial charge in [0.05, 0.1) is 7.11 Å². The van der Waals surface area contributed by atoms with Crippen LogP contribution in [0.25, 0.3) is 0 Å². The van der Waals surface area contributed by atoms with Crippen molar-refractivity contribution in [3.8, 4) is 5.75 Å². The molecule has 4 amide bonds. The number of carbonyl (C=O) groups is 3. The molecule has 0 spiro atoms. The molecule has 0 saturated carbocycles. The average Bonchev–Trinajstić information content (AvgIpc) is 2.94. The molecule has 1 aromatic rings. The third kappa shape index (κ3) is 3.99. The SMILES string of the molecule is COc1cc(N2CCN(C(=O)CCC3(C)NC(=O)NC3=O)CC2)cc(F)c1Cl. The lowest BCUT2D eigenvalue weighted by Gasteiger charge is -2.36. The lowest BCUT2D eigenvalue weighted by atomic mass is 9.96. The van der Waals surface area contributed by atoms with Crippen LogP contribution in [0.5, 0.6) is 5.75 Å². The van der Waals surface area contributed by atoms with E-state index in [2.05, 4.69) is 10.6 Å². The van der Waals surface area contributed by atoms with E-state index < -0.39 is 23.3 Å². The highest BCUT2D eigenvalue weighted by Gasteiger charge is 2.42. The summed E-state index contributed by atoms with van der Waals surface area (Å²) in [6.45, 7) is 3.61. The van der Waals surface area contributed by atoms with Crippen LogP contribution < -0.4 is 20.3 Å². The second-order valence-corrected chi connectivity index (χ2v) is 7.43. The predicted octanol–water partition coefficient (Wildman–Crippen LogP) is 1.51. The number of hydrogen-bond acceptors (Lipinski definition) is 5. The Morgan fingerprint density at radius 1 is 1.29 bits per heavy atom. The number of amides is 4. The van der Waals surface area contributed by atoms with Crippen molar-refractivity contribution in [3.05, 3.63) is 23.0 Å². The van der Waals surface area contributed by atoms with Gasteiger partial charge in [-0.15, -0.1) is 0 Å². The van der Waals surface area contributed by atoms with Gasteiger partial charge < -0.3 is 19.9 Å². The second kappa shape index (κ2) is 7.83. The Morgan fingerprint density at radius 3 is 2.54 bits per heavy atom. The van der Waals surface area contributed by atoms with Gasteiger partial charge in [0.15, 0.2) is 0 Å². The van der Waals surface area contributed by atoms with E-state index in [4.69, 9.17) is 16.3 Å². The maximum Gasteiger partial charge on any atom is 0.322 e. The highest BCUT2D eigenvalue weighted by Crippen LogP contribution is 2.33. The number of rotatable bonds is 5. The largest absolute Gasteiger partial charge is 0.495 e. The third-order valence-electron chi connectivity index (χ3n) is 5.15. The summed E-state index contributed by atoms with van der Waals surface area (Å²) in [6.07, 6.45) is 0.372. The Hall–Kier alpha value is -2.55. The van der Waals surface area contributed by atoms with E-state index >= 15 is 0 Å². The number of nitrogens with zero attached hydrogens (tertiary/aromatic N) is 2. The fourth-order valence-corrected chi connectivity index (χ4v) is 3.55. The van der Waals surface area contributed by atoms with Crippen molar-refractivity contribution in [2.75, 3.05) is 38.2 Å². The first-order valence-electron chi connectivity index (χ1n) is 8.93. The van der Waals surface area contributed by atoms with Crippen LogP contribution in [0.2, 0.25) is 5.02 Å². The zero-order valence-corrected chi connectivity index (χ0v) is 16.4. The van der Waals surface area contributed by atoms with Crippen LogP contribution in [-0.2, 0) is 9.59 Å². The number of methoxy groups -OCH3 is 1. The molecule has 0 radical (unpaired) electrons. The minimum Gasteiger partial charge on any atom is -0.495 e. The Morgan fingerprint density at radius 2 is 1.96 bits per heavy atom. The number of imide groups is 1. The molecule has 152 valence electrons. The first-order valence-corrected chi connectivity index (χ1v) is 9.30. The zero-order valence-electron chi connectivity index (χ0n) is 15.7. The summed E-state index contributed by atoms with van der Waals surface area (Å²) in [4.78, 5) is 39.3. The average molecular weight is 413 g/mol. The number of benzene rings is 1. The molecule has 1 unspecified atom stereocenters. The van der Waals surface area contributed by atoms with Gasteiger partial charge in [0.1, 0.15) is 22.1 Å². The van der Waals surface area contributed by atoms with E-state index in [1.807, 2.05) is 4.90 Å². The molecule has 2 saturated heterocycles. The van der Waals surface area contributed by atoms with Crippen molar-refractivity contribution in [2.45, 2.75) is 25.3 Å². The van der Waals surface area contributed by atoms with E-state index in [1.54, 1.807) is 17.9 Å². The summed E-state index contributed by atoms with van der Waals surface area (Å²) in [5.74, 6) is -0.802. The summed E-state index contributed by atoms with van der Waals surface area (Å²) in [7, 11) is 1.43. The number of urea groups is 1. The normalized spacial score (nSPS) is 22.1. The lowest BCUT2D eigenvalue weighted by Crippen LogP contribution is -2.50. The molecule has 10 heteroatoms. The van der Waals surface area contributed by atoms with Gasteiger partial charge in [-0.1, -0.05) is 11.6 Å². The van der Waals surface area contributed by atoms with Crippen LogP contribution >= 0.6 is 11.6 Å². The molecule has 2 aliphatic heterocycles. The van der Waals surface area contributed by atoms with Crippen LogP contribution in [0, 0.1) is 5.82 Å². The van der Waals surface area contributed by atoms with E-state index in [0.717, 1.165) is 0 Å². The molecule has 1 atom stereocenters. The highest BCUT2D eigenvalue weighted by atomic mass is 35.5. The summed E-state index contributed by atoms with van der Waals surface area (Å²) >= 11 is 5.86. The smallest absolute Gasteiger partial charge is 0.322 e. The van der Waals surface area contributed by atoms with Crippen molar-refractivity contribution in [1.29, 1.82) is 0 Å². The first kappa shape index (κ1) is 20.2. The summed E-state index contributed by atoms with van der Waals surface area (Å²) in [5, 5.41) is 4.67. The van der Waals surface area contributed by atoms with Crippen LogP contribution in [0.15, 0.2) is 12.1 Å². The topological polar surface area (TPSA) is 91.0 Å². The van der Waals surface area contributed by atoms with Crippen molar-refractivity contribution < 1.29 is 23.5 Å². The van der Waals surface area contributed by atoms with Gasteiger partial charge in [-0.3, -0.25) is 14.9 Å². The molecule has 8 nitrogen and oxygen atoms in total. The molecule has 3 rings (SSSR count). The summed E-state index contributed by atoms with van der Waals surface area (Å²) < 4.78 is 19.1. The van der Waals surface area contributed by atoms with Gasteiger partial charge in [0.25, 0.3) is 5.91 Å². The number of halogens is 2. The molecule has 0 aromatic heterocycles. The Kier molecular flexibility index (Phi) is 5.64. The van der Waals surface area contributed by atoms with E-state index in [9.17, 15) is 18.8 Å². The molecule has 28 heavy (non-hydrogen) atoms. The first-order chi connectivity index (χ1) is 13.2. The Bertz CT molecular complexity index is 813. The fraction of sp³-hybridized carbons (Fsp3) is 0.500. The quantitative estimate of drug-likeness (QED) is 0.715. The summed E-state index contributed by atoms with van der Waals surface area (Å²) in [6, 6.07) is 2.48. The van der Waals surface area contributed by atoms with Crippen LogP contribution in [-0.4, -0.2) is 61.6 Å². The molecule has 2 N–H and O–H groups in total. The monoisotopic (exact) mass is 412 g/mol. The maximum atomic E-state index is 14.0. The summed E-state index contributed by atoms with van der Waals surface area (Å²) in [5.41, 5.74) is -0.421. The van der Waals surface area contributed by atoms with Gasteiger partial charge in [-0.05, 0) is 19.4 Å². The van der Waals surface area contributed by atoms with Gasteiger partial charge >= 0.3 is 6.03 Å². The van der Waals surface area contributed by atoms with Gasteiger partial charge in [0.2, 0.25) is 5.91 Å². The fourth-order valence-electron chi connectivity index (χ4n) is 3.37. The van der Waals surface area contributed by atoms with Gasteiger partial charge in [-0.25, -0.2) is 9.18 Å². The molecule has 0 bridgehead atoms. The van der Waals surface area contributed by atoms with Crippen LogP contribution in [0.4, 0.5) is 14.9 Å². The Labute approximate surface area is 166 Å². The molecular weight excluding hydrogens is 391 g/mol. The van der Waals surface area contributed by atoms with Crippen LogP contribution in [0.1, 0.15) is 19.8 Å². The molecule has 0 aliphatic carbocycles. The number of carbonyl (C=O) groups excluding carboxylic acids is 3. The number of ether oxygens (including phenoxy) is 1. The number of nitrogens with one attached hydrogen (secondary N) is 2. The zero-order chi connectivity index (χ0) is 20.5. The minimum atomic E-state index is -1.06.